The predicted octanol–water partition coefficient (Wildman–Crippen LogP) is 0.410. The van der Waals surface area contributed by atoms with Crippen LogP contribution in [0.3, 0.4) is 0 Å². The third-order valence-electron chi connectivity index (χ3n) is 3.89. The largest absolute Gasteiger partial charge is 0.466 e. The Bertz CT molecular complexity index is 397. The summed E-state index contributed by atoms with van der Waals surface area (Å²) in [5.74, 6) is -0.448. The molecule has 0 bridgehead atoms. The van der Waals surface area contributed by atoms with Crippen molar-refractivity contribution in [1.82, 2.24) is 9.80 Å². The summed E-state index contributed by atoms with van der Waals surface area (Å²) in [6.45, 7) is 4.04. The summed E-state index contributed by atoms with van der Waals surface area (Å²) in [6, 6.07) is 0. The highest BCUT2D eigenvalue weighted by molar-refractivity contribution is 5.86. The van der Waals surface area contributed by atoms with E-state index in [0.717, 1.165) is 19.3 Å². The molecule has 0 aromatic carbocycles. The lowest BCUT2D eigenvalue weighted by Crippen LogP contribution is -2.47. The summed E-state index contributed by atoms with van der Waals surface area (Å²) >= 11 is 0. The fourth-order valence-electron chi connectivity index (χ4n) is 2.79. The molecule has 2 saturated heterocycles. The first-order chi connectivity index (χ1) is 9.61. The maximum absolute atomic E-state index is 12.2. The van der Waals surface area contributed by atoms with Crippen LogP contribution in [0.25, 0.3) is 0 Å². The molecule has 1 atom stereocenters. The van der Waals surface area contributed by atoms with Crippen molar-refractivity contribution in [3.8, 4) is 0 Å². The minimum Gasteiger partial charge on any atom is -0.466 e. The van der Waals surface area contributed by atoms with Gasteiger partial charge >= 0.3 is 5.97 Å². The Morgan fingerprint density at radius 3 is 2.75 bits per heavy atom. The van der Waals surface area contributed by atoms with E-state index in [0.29, 0.717) is 32.7 Å². The van der Waals surface area contributed by atoms with Crippen molar-refractivity contribution in [2.75, 3.05) is 32.8 Å². The zero-order valence-electron chi connectivity index (χ0n) is 12.0. The van der Waals surface area contributed by atoms with Gasteiger partial charge in [-0.25, -0.2) is 0 Å². The summed E-state index contributed by atoms with van der Waals surface area (Å²) in [4.78, 5) is 38.8. The van der Waals surface area contributed by atoms with Crippen molar-refractivity contribution in [3.63, 3.8) is 0 Å². The topological polar surface area (TPSA) is 66.9 Å². The third kappa shape index (κ3) is 3.49. The van der Waals surface area contributed by atoms with Gasteiger partial charge in [0, 0.05) is 26.1 Å². The fraction of sp³-hybridized carbons (Fsp3) is 0.786. The molecule has 0 aromatic heterocycles. The van der Waals surface area contributed by atoms with Gasteiger partial charge in [-0.05, 0) is 26.2 Å². The lowest BCUT2D eigenvalue weighted by molar-refractivity contribution is -0.152. The Morgan fingerprint density at radius 1 is 1.30 bits per heavy atom. The van der Waals surface area contributed by atoms with Gasteiger partial charge in [0.2, 0.25) is 11.8 Å². The Kier molecular flexibility index (Phi) is 4.98. The zero-order chi connectivity index (χ0) is 14.5. The Morgan fingerprint density at radius 2 is 2.10 bits per heavy atom. The maximum Gasteiger partial charge on any atom is 0.310 e. The van der Waals surface area contributed by atoms with E-state index in [1.165, 1.54) is 0 Å². The van der Waals surface area contributed by atoms with Gasteiger partial charge in [-0.15, -0.1) is 0 Å². The maximum atomic E-state index is 12.2. The second kappa shape index (κ2) is 6.72. The van der Waals surface area contributed by atoms with Crippen LogP contribution in [-0.4, -0.2) is 60.4 Å². The zero-order valence-corrected chi connectivity index (χ0v) is 12.0. The van der Waals surface area contributed by atoms with Crippen LogP contribution in [-0.2, 0) is 19.1 Å². The lowest BCUT2D eigenvalue weighted by atomic mass is 9.98. The van der Waals surface area contributed by atoms with E-state index in [1.54, 1.807) is 16.7 Å². The quantitative estimate of drug-likeness (QED) is 0.701. The number of esters is 1. The van der Waals surface area contributed by atoms with Crippen LogP contribution in [0.4, 0.5) is 0 Å². The Balaban J connectivity index is 1.86. The molecule has 0 aliphatic carbocycles. The fourth-order valence-corrected chi connectivity index (χ4v) is 2.79. The van der Waals surface area contributed by atoms with E-state index >= 15 is 0 Å². The summed E-state index contributed by atoms with van der Waals surface area (Å²) in [7, 11) is 0. The average molecular weight is 282 g/mol. The Hall–Kier alpha value is -1.59. The normalized spacial score (nSPS) is 23.1. The number of ether oxygens (including phenoxy) is 1. The van der Waals surface area contributed by atoms with Crippen LogP contribution in [0.2, 0.25) is 0 Å². The molecule has 0 saturated carbocycles. The van der Waals surface area contributed by atoms with Gasteiger partial charge in [0.25, 0.3) is 0 Å². The summed E-state index contributed by atoms with van der Waals surface area (Å²) in [6.07, 6.45) is 2.95. The number of rotatable bonds is 4. The molecule has 2 rings (SSSR count). The molecule has 6 nitrogen and oxygen atoms in total. The van der Waals surface area contributed by atoms with Crippen molar-refractivity contribution >= 4 is 17.8 Å². The molecule has 0 radical (unpaired) electrons. The van der Waals surface area contributed by atoms with Crippen molar-refractivity contribution in [2.24, 2.45) is 5.92 Å². The number of carbonyl (C=O) groups excluding carboxylic acids is 3. The summed E-state index contributed by atoms with van der Waals surface area (Å²) in [5, 5.41) is 0. The first-order valence-corrected chi connectivity index (χ1v) is 7.34. The highest BCUT2D eigenvalue weighted by Crippen LogP contribution is 2.19. The van der Waals surface area contributed by atoms with Gasteiger partial charge in [-0.2, -0.15) is 0 Å². The van der Waals surface area contributed by atoms with E-state index in [-0.39, 0.29) is 30.2 Å². The molecule has 6 heteroatoms. The summed E-state index contributed by atoms with van der Waals surface area (Å²) < 4.78 is 5.02. The van der Waals surface area contributed by atoms with E-state index in [2.05, 4.69) is 0 Å². The first kappa shape index (κ1) is 14.8. The molecular formula is C14H22N2O4. The van der Waals surface area contributed by atoms with Crippen molar-refractivity contribution < 1.29 is 19.1 Å². The molecule has 20 heavy (non-hydrogen) atoms. The molecule has 2 aliphatic rings. The number of piperidine rings is 1. The molecule has 2 aliphatic heterocycles. The van der Waals surface area contributed by atoms with Gasteiger partial charge in [0.05, 0.1) is 19.1 Å². The first-order valence-electron chi connectivity index (χ1n) is 7.34. The van der Waals surface area contributed by atoms with E-state index in [9.17, 15) is 14.4 Å². The number of hydrogen-bond acceptors (Lipinski definition) is 4. The molecular weight excluding hydrogens is 260 g/mol. The molecule has 0 unspecified atom stereocenters. The van der Waals surface area contributed by atoms with Crippen LogP contribution in [0.5, 0.6) is 0 Å². The predicted molar refractivity (Wildman–Crippen MR) is 71.8 cm³/mol. The second-order valence-electron chi connectivity index (χ2n) is 5.35. The summed E-state index contributed by atoms with van der Waals surface area (Å²) in [5.41, 5.74) is 0. The van der Waals surface area contributed by atoms with Crippen LogP contribution in [0, 0.1) is 5.92 Å². The van der Waals surface area contributed by atoms with Gasteiger partial charge < -0.3 is 14.5 Å². The van der Waals surface area contributed by atoms with Crippen molar-refractivity contribution in [2.45, 2.75) is 32.6 Å². The standard InChI is InChI=1S/C14H22N2O4/c1-2-20-14(19)11-5-3-7-15(9-11)13(18)10-16-8-4-6-12(16)17/h11H,2-10H2,1H3/t11-/m1/s1. The number of likely N-dealkylation sites (tertiary alicyclic amines) is 2. The molecule has 0 spiro atoms. The van der Waals surface area contributed by atoms with Gasteiger partial charge in [0.15, 0.2) is 0 Å². The van der Waals surface area contributed by atoms with Crippen LogP contribution in [0.15, 0.2) is 0 Å². The van der Waals surface area contributed by atoms with Gasteiger partial charge in [0.1, 0.15) is 0 Å². The minimum absolute atomic E-state index is 0.0531. The van der Waals surface area contributed by atoms with Crippen molar-refractivity contribution in [3.05, 3.63) is 0 Å². The molecule has 2 heterocycles. The molecule has 0 N–H and O–H groups in total. The number of nitrogens with zero attached hydrogens (tertiary/aromatic N) is 2. The van der Waals surface area contributed by atoms with Crippen molar-refractivity contribution in [1.29, 1.82) is 0 Å². The van der Waals surface area contributed by atoms with E-state index < -0.39 is 0 Å². The average Bonchev–Trinajstić information content (AvgIpc) is 2.85. The number of amides is 2. The molecule has 2 fully saturated rings. The van der Waals surface area contributed by atoms with Crippen LogP contribution in [0.1, 0.15) is 32.6 Å². The van der Waals surface area contributed by atoms with Gasteiger partial charge in [-0.1, -0.05) is 0 Å². The molecule has 0 aromatic rings. The highest BCUT2D eigenvalue weighted by Gasteiger charge is 2.31. The SMILES string of the molecule is CCOC(=O)[C@@H]1CCCN(C(=O)CN2CCCC2=O)C1. The monoisotopic (exact) mass is 282 g/mol. The lowest BCUT2D eigenvalue weighted by Gasteiger charge is -2.32. The Labute approximate surface area is 119 Å². The third-order valence-corrected chi connectivity index (χ3v) is 3.89. The molecule has 2 amide bonds. The second-order valence-corrected chi connectivity index (χ2v) is 5.35. The molecule has 112 valence electrons. The van der Waals surface area contributed by atoms with Crippen LogP contribution < -0.4 is 0 Å². The minimum atomic E-state index is -0.220. The highest BCUT2D eigenvalue weighted by atomic mass is 16.5. The number of carbonyl (C=O) groups is 3. The van der Waals surface area contributed by atoms with Gasteiger partial charge in [-0.3, -0.25) is 14.4 Å². The number of hydrogen-bond donors (Lipinski definition) is 0. The van der Waals surface area contributed by atoms with E-state index in [1.807, 2.05) is 0 Å². The van der Waals surface area contributed by atoms with E-state index in [4.69, 9.17) is 4.74 Å². The van der Waals surface area contributed by atoms with Crippen LogP contribution >= 0.6 is 0 Å². The smallest absolute Gasteiger partial charge is 0.310 e.